The minimum atomic E-state index is -4.37. The van der Waals surface area contributed by atoms with Gasteiger partial charge < -0.3 is 15.2 Å². The number of fused-ring (bicyclic) bond motifs is 1. The summed E-state index contributed by atoms with van der Waals surface area (Å²) in [6.07, 6.45) is 1.77. The van der Waals surface area contributed by atoms with E-state index in [0.717, 1.165) is 5.39 Å². The van der Waals surface area contributed by atoms with Gasteiger partial charge in [0.25, 0.3) is 5.91 Å². The lowest BCUT2D eigenvalue weighted by molar-refractivity contribution is -0.139. The van der Waals surface area contributed by atoms with Crippen molar-refractivity contribution in [3.05, 3.63) is 71.8 Å². The third kappa shape index (κ3) is 6.85. The number of halogens is 3. The molecule has 3 rings (SSSR count). The number of ether oxygens (including phenoxy) is 1. The molecule has 0 fully saturated rings. The van der Waals surface area contributed by atoms with Crippen LogP contribution in [-0.2, 0) is 11.4 Å². The first-order valence-electron chi connectivity index (χ1n) is 10.5. The third-order valence-electron chi connectivity index (χ3n) is 5.41. The van der Waals surface area contributed by atoms with E-state index in [4.69, 9.17) is 4.74 Å². The highest BCUT2D eigenvalue weighted by molar-refractivity contribution is 8.00. The maximum absolute atomic E-state index is 13.2. The zero-order valence-electron chi connectivity index (χ0n) is 19.2. The van der Waals surface area contributed by atoms with Gasteiger partial charge >= 0.3 is 11.5 Å². The van der Waals surface area contributed by atoms with E-state index in [-0.39, 0.29) is 34.6 Å². The average molecular weight is 524 g/mol. The van der Waals surface area contributed by atoms with E-state index in [2.05, 4.69) is 5.32 Å². The lowest BCUT2D eigenvalue weighted by Gasteiger charge is -2.30. The van der Waals surface area contributed by atoms with Crippen LogP contribution in [0.2, 0.25) is 0 Å². The van der Waals surface area contributed by atoms with Gasteiger partial charge in [0.2, 0.25) is 0 Å². The number of nitrogens with one attached hydrogen (secondary N) is 1. The fraction of sp³-hybridized carbons (Fsp3) is 0.280. The van der Waals surface area contributed by atoms with Crippen LogP contribution in [0.5, 0.6) is 5.75 Å². The fourth-order valence-corrected chi connectivity index (χ4v) is 4.31. The van der Waals surface area contributed by atoms with Crippen LogP contribution >= 0.6 is 23.5 Å². The standard InChI is InChI=1S/C25H24F3NO4S2/c1-24(2,34-3)21(23(31)32)29-22(30)19-13-10-16-6-4-5-7-18(16)20(19)33-14-15-8-11-17(12-9-15)35-25(26,27)28/h4-13,21H,14H2,1-3H3,(H,29,30)(H,31,32). The Hall–Kier alpha value is -2.85. The van der Waals surface area contributed by atoms with Crippen LogP contribution in [0, 0.1) is 0 Å². The molecule has 5 nitrogen and oxygen atoms in total. The molecule has 0 saturated carbocycles. The molecule has 0 aromatic heterocycles. The number of carboxylic acid groups (broad SMARTS) is 1. The zero-order valence-corrected chi connectivity index (χ0v) is 20.8. The summed E-state index contributed by atoms with van der Waals surface area (Å²) in [6.45, 7) is 3.47. The fourth-order valence-electron chi connectivity index (χ4n) is 3.38. The molecule has 0 aliphatic heterocycles. The van der Waals surface area contributed by atoms with E-state index in [1.54, 1.807) is 44.4 Å². The number of thioether (sulfide) groups is 2. The van der Waals surface area contributed by atoms with Gasteiger partial charge in [-0.2, -0.15) is 24.9 Å². The summed E-state index contributed by atoms with van der Waals surface area (Å²) in [5.41, 5.74) is -3.60. The van der Waals surface area contributed by atoms with Crippen molar-refractivity contribution in [1.29, 1.82) is 0 Å². The maximum atomic E-state index is 13.2. The summed E-state index contributed by atoms with van der Waals surface area (Å²) in [5.74, 6) is -1.49. The summed E-state index contributed by atoms with van der Waals surface area (Å²) in [6, 6.07) is 15.2. The van der Waals surface area contributed by atoms with Crippen molar-refractivity contribution >= 4 is 46.2 Å². The normalized spacial score (nSPS) is 12.9. The van der Waals surface area contributed by atoms with Crippen LogP contribution in [0.25, 0.3) is 10.8 Å². The predicted molar refractivity (Wildman–Crippen MR) is 133 cm³/mol. The van der Waals surface area contributed by atoms with Gasteiger partial charge in [-0.1, -0.05) is 42.5 Å². The molecule has 0 heterocycles. The quantitative estimate of drug-likeness (QED) is 0.318. The number of carboxylic acids is 1. The Balaban J connectivity index is 1.90. The van der Waals surface area contributed by atoms with Crippen molar-refractivity contribution in [2.24, 2.45) is 0 Å². The molecule has 1 atom stereocenters. The Morgan fingerprint density at radius 3 is 2.29 bits per heavy atom. The highest BCUT2D eigenvalue weighted by atomic mass is 32.2. The molecular formula is C25H24F3NO4S2. The molecule has 0 bridgehead atoms. The van der Waals surface area contributed by atoms with Crippen molar-refractivity contribution < 1.29 is 32.6 Å². The minimum absolute atomic E-state index is 0.00389. The third-order valence-corrected chi connectivity index (χ3v) is 7.44. The summed E-state index contributed by atoms with van der Waals surface area (Å²) in [4.78, 5) is 25.1. The topological polar surface area (TPSA) is 75.6 Å². The molecule has 3 aromatic carbocycles. The first kappa shape index (κ1) is 26.7. The van der Waals surface area contributed by atoms with Gasteiger partial charge in [-0.05, 0) is 61.0 Å². The highest BCUT2D eigenvalue weighted by Gasteiger charge is 2.36. The minimum Gasteiger partial charge on any atom is -0.487 e. The molecule has 186 valence electrons. The van der Waals surface area contributed by atoms with Crippen LogP contribution in [0.4, 0.5) is 13.2 Å². The number of amides is 1. The Kier molecular flexibility index (Phi) is 8.27. The number of hydrogen-bond acceptors (Lipinski definition) is 5. The summed E-state index contributed by atoms with van der Waals surface area (Å²) < 4.78 is 43.0. The molecule has 0 spiro atoms. The Morgan fingerprint density at radius 2 is 1.69 bits per heavy atom. The van der Waals surface area contributed by atoms with Crippen LogP contribution in [0.3, 0.4) is 0 Å². The van der Waals surface area contributed by atoms with Gasteiger partial charge in [0.05, 0.1) is 5.56 Å². The molecular weight excluding hydrogens is 499 g/mol. The predicted octanol–water partition coefficient (Wildman–Crippen LogP) is 6.36. The van der Waals surface area contributed by atoms with Crippen LogP contribution in [0.15, 0.2) is 65.6 Å². The van der Waals surface area contributed by atoms with Gasteiger partial charge in [0.1, 0.15) is 18.4 Å². The molecule has 0 saturated heterocycles. The maximum Gasteiger partial charge on any atom is 0.446 e. The lowest BCUT2D eigenvalue weighted by Crippen LogP contribution is -2.52. The van der Waals surface area contributed by atoms with E-state index in [1.807, 2.05) is 12.1 Å². The highest BCUT2D eigenvalue weighted by Crippen LogP contribution is 2.37. The summed E-state index contributed by atoms with van der Waals surface area (Å²) >= 11 is 1.12. The van der Waals surface area contributed by atoms with Gasteiger partial charge in [-0.3, -0.25) is 4.79 Å². The molecule has 0 radical (unpaired) electrons. The monoisotopic (exact) mass is 523 g/mol. The summed E-state index contributed by atoms with van der Waals surface area (Å²) in [5, 5.41) is 13.8. The average Bonchev–Trinajstić information content (AvgIpc) is 2.80. The number of benzene rings is 3. The number of carbonyl (C=O) groups excluding carboxylic acids is 1. The molecule has 35 heavy (non-hydrogen) atoms. The second-order valence-electron chi connectivity index (χ2n) is 8.20. The SMILES string of the molecule is CSC(C)(C)C(NC(=O)c1ccc2ccccc2c1OCc1ccc(SC(F)(F)F)cc1)C(=O)O. The second kappa shape index (κ2) is 10.8. The zero-order chi connectivity index (χ0) is 25.8. The number of rotatable bonds is 9. The van der Waals surface area contributed by atoms with E-state index in [1.165, 1.54) is 36.0 Å². The Labute approximate surface area is 209 Å². The number of carbonyl (C=O) groups is 2. The smallest absolute Gasteiger partial charge is 0.446 e. The molecule has 1 unspecified atom stereocenters. The van der Waals surface area contributed by atoms with E-state index in [9.17, 15) is 27.9 Å². The number of aliphatic carboxylic acids is 1. The lowest BCUT2D eigenvalue weighted by atomic mass is 10.0. The van der Waals surface area contributed by atoms with Gasteiger partial charge in [0, 0.05) is 15.0 Å². The van der Waals surface area contributed by atoms with Gasteiger partial charge in [0.15, 0.2) is 0 Å². The number of hydrogen-bond donors (Lipinski definition) is 2. The van der Waals surface area contributed by atoms with Gasteiger partial charge in [-0.25, -0.2) is 4.79 Å². The molecule has 0 aliphatic carbocycles. The molecule has 3 aromatic rings. The van der Waals surface area contributed by atoms with Crippen molar-refractivity contribution in [2.45, 2.75) is 41.6 Å². The second-order valence-corrected chi connectivity index (χ2v) is 10.8. The van der Waals surface area contributed by atoms with E-state index in [0.29, 0.717) is 10.9 Å². The number of alkyl halides is 3. The molecule has 0 aliphatic rings. The van der Waals surface area contributed by atoms with Crippen molar-refractivity contribution in [2.75, 3.05) is 6.26 Å². The summed E-state index contributed by atoms with van der Waals surface area (Å²) in [7, 11) is 0. The van der Waals surface area contributed by atoms with Crippen LogP contribution < -0.4 is 10.1 Å². The van der Waals surface area contributed by atoms with Crippen molar-refractivity contribution in [3.8, 4) is 5.75 Å². The largest absolute Gasteiger partial charge is 0.487 e. The first-order chi connectivity index (χ1) is 16.4. The molecule has 1 amide bonds. The van der Waals surface area contributed by atoms with Gasteiger partial charge in [-0.15, -0.1) is 0 Å². The Bertz CT molecular complexity index is 1210. The van der Waals surface area contributed by atoms with Crippen molar-refractivity contribution in [3.63, 3.8) is 0 Å². The molecule has 10 heteroatoms. The Morgan fingerprint density at radius 1 is 1.03 bits per heavy atom. The van der Waals surface area contributed by atoms with Crippen LogP contribution in [-0.4, -0.2) is 39.5 Å². The first-order valence-corrected chi connectivity index (χ1v) is 12.5. The van der Waals surface area contributed by atoms with Crippen molar-refractivity contribution in [1.82, 2.24) is 5.32 Å². The van der Waals surface area contributed by atoms with E-state index < -0.39 is 28.2 Å². The molecule has 2 N–H and O–H groups in total. The van der Waals surface area contributed by atoms with E-state index >= 15 is 0 Å². The van der Waals surface area contributed by atoms with Crippen LogP contribution in [0.1, 0.15) is 29.8 Å².